The van der Waals surface area contributed by atoms with E-state index >= 15 is 0 Å². The van der Waals surface area contributed by atoms with Crippen LogP contribution in [0.4, 0.5) is 17.2 Å². The number of hydrogen-bond donors (Lipinski definition) is 2. The van der Waals surface area contributed by atoms with E-state index in [2.05, 4.69) is 15.3 Å². The summed E-state index contributed by atoms with van der Waals surface area (Å²) >= 11 is 12.3. The summed E-state index contributed by atoms with van der Waals surface area (Å²) in [5.74, 6) is 0.509. The minimum absolute atomic E-state index is 0.0743. The maximum Gasteiger partial charge on any atom is 0.157 e. The fourth-order valence-corrected chi connectivity index (χ4v) is 3.55. The van der Waals surface area contributed by atoms with Crippen LogP contribution in [0.5, 0.6) is 0 Å². The van der Waals surface area contributed by atoms with Crippen molar-refractivity contribution < 1.29 is 5.21 Å². The molecule has 2 heterocycles. The zero-order valence-electron chi connectivity index (χ0n) is 13.4. The molecule has 2 aromatic carbocycles. The fourth-order valence-electron chi connectivity index (χ4n) is 2.91. The first-order valence-electron chi connectivity index (χ1n) is 7.59. The van der Waals surface area contributed by atoms with E-state index in [0.717, 1.165) is 5.56 Å². The lowest BCUT2D eigenvalue weighted by molar-refractivity contribution is 0.297. The van der Waals surface area contributed by atoms with E-state index in [9.17, 15) is 10.4 Å². The van der Waals surface area contributed by atoms with Gasteiger partial charge in [0, 0.05) is 5.02 Å². The first-order chi connectivity index (χ1) is 12.5. The van der Waals surface area contributed by atoms with Gasteiger partial charge in [-0.15, -0.1) is 0 Å². The molecule has 0 unspecified atom stereocenters. The van der Waals surface area contributed by atoms with Gasteiger partial charge in [-0.1, -0.05) is 29.3 Å². The van der Waals surface area contributed by atoms with E-state index in [1.807, 2.05) is 6.92 Å². The van der Waals surface area contributed by atoms with Crippen molar-refractivity contribution in [1.29, 1.82) is 0 Å². The predicted molar refractivity (Wildman–Crippen MR) is 103 cm³/mol. The van der Waals surface area contributed by atoms with Gasteiger partial charge in [0.05, 0.1) is 40.0 Å². The lowest BCUT2D eigenvalue weighted by atomic mass is 10.2. The standard InChI is InChI=1S/C17H12Cl2N5O2/c1-9-5-10(18)6-11(19)15(9)22-17-14-7-20-8-23(14)16-12(21-17)3-2-4-13(16)24(25)26/h2-8,25H,1H3,(H,21,22)/q-1. The van der Waals surface area contributed by atoms with Gasteiger partial charge in [0.15, 0.2) is 5.82 Å². The summed E-state index contributed by atoms with van der Waals surface area (Å²) in [6.45, 7) is 1.88. The molecule has 4 rings (SSSR count). The Kier molecular flexibility index (Phi) is 4.08. The van der Waals surface area contributed by atoms with Crippen LogP contribution in [-0.4, -0.2) is 19.6 Å². The van der Waals surface area contributed by atoms with Crippen LogP contribution >= 0.6 is 23.2 Å². The van der Waals surface area contributed by atoms with Gasteiger partial charge in [-0.05, 0) is 36.8 Å². The van der Waals surface area contributed by atoms with Crippen LogP contribution in [0.1, 0.15) is 5.56 Å². The van der Waals surface area contributed by atoms with Crippen LogP contribution in [0.2, 0.25) is 10.0 Å². The monoisotopic (exact) mass is 388 g/mol. The first kappa shape index (κ1) is 16.9. The number of nitrogens with zero attached hydrogens (tertiary/aromatic N) is 4. The fraction of sp³-hybridized carbons (Fsp3) is 0.0588. The maximum absolute atomic E-state index is 11.5. The number of hydrogen-bond acceptors (Lipinski definition) is 6. The van der Waals surface area contributed by atoms with Crippen molar-refractivity contribution in [2.24, 2.45) is 0 Å². The molecule has 0 aliphatic rings. The van der Waals surface area contributed by atoms with E-state index in [-0.39, 0.29) is 10.9 Å². The average molecular weight is 389 g/mol. The van der Waals surface area contributed by atoms with Crippen molar-refractivity contribution in [3.63, 3.8) is 0 Å². The molecule has 2 N–H and O–H groups in total. The van der Waals surface area contributed by atoms with Crippen molar-refractivity contribution in [1.82, 2.24) is 14.4 Å². The van der Waals surface area contributed by atoms with Gasteiger partial charge in [0.25, 0.3) is 0 Å². The third-order valence-corrected chi connectivity index (χ3v) is 4.57. The molecule has 0 radical (unpaired) electrons. The summed E-state index contributed by atoms with van der Waals surface area (Å²) in [5.41, 5.74) is 3.18. The zero-order valence-corrected chi connectivity index (χ0v) is 15.0. The third-order valence-electron chi connectivity index (χ3n) is 4.05. The van der Waals surface area contributed by atoms with Crippen LogP contribution in [0.3, 0.4) is 0 Å². The smallest absolute Gasteiger partial charge is 0.157 e. The number of imidazole rings is 1. The Bertz CT molecular complexity index is 1120. The molecule has 0 saturated heterocycles. The van der Waals surface area contributed by atoms with Gasteiger partial charge < -0.3 is 15.8 Å². The van der Waals surface area contributed by atoms with Crippen LogP contribution in [-0.2, 0) is 0 Å². The number of aromatic nitrogens is 3. The summed E-state index contributed by atoms with van der Waals surface area (Å²) < 4.78 is 1.68. The Hall–Kier alpha value is -2.58. The highest BCUT2D eigenvalue weighted by Crippen LogP contribution is 2.34. The average Bonchev–Trinajstić information content (AvgIpc) is 3.07. The minimum Gasteiger partial charge on any atom is -0.733 e. The molecule has 0 amide bonds. The number of rotatable bonds is 3. The van der Waals surface area contributed by atoms with Gasteiger partial charge >= 0.3 is 0 Å². The second-order valence-corrected chi connectivity index (χ2v) is 6.58. The Balaban J connectivity index is 1.96. The molecule has 0 saturated carbocycles. The largest absolute Gasteiger partial charge is 0.733 e. The highest BCUT2D eigenvalue weighted by Gasteiger charge is 2.15. The van der Waals surface area contributed by atoms with Crippen molar-refractivity contribution >= 4 is 56.9 Å². The van der Waals surface area contributed by atoms with Gasteiger partial charge in [-0.3, -0.25) is 9.61 Å². The van der Waals surface area contributed by atoms with Gasteiger partial charge in [-0.2, -0.15) is 0 Å². The van der Waals surface area contributed by atoms with Gasteiger partial charge in [0.2, 0.25) is 0 Å². The first-order valence-corrected chi connectivity index (χ1v) is 8.35. The summed E-state index contributed by atoms with van der Waals surface area (Å²) in [5, 5.41) is 24.9. The Labute approximate surface area is 158 Å². The molecule has 0 aliphatic carbocycles. The molecule has 0 spiro atoms. The number of benzene rings is 2. The molecule has 132 valence electrons. The van der Waals surface area contributed by atoms with Crippen LogP contribution in [0.25, 0.3) is 16.6 Å². The lowest BCUT2D eigenvalue weighted by Gasteiger charge is -2.23. The number of fused-ring (bicyclic) bond motifs is 3. The second kappa shape index (κ2) is 6.30. The summed E-state index contributed by atoms with van der Waals surface area (Å²) in [4.78, 5) is 8.72. The maximum atomic E-state index is 11.5. The predicted octanol–water partition coefficient (Wildman–Crippen LogP) is 4.93. The van der Waals surface area contributed by atoms with Gasteiger partial charge in [-0.25, -0.2) is 9.97 Å². The molecular formula is C17H12Cl2N5O2-. The van der Waals surface area contributed by atoms with Crippen molar-refractivity contribution in [2.75, 3.05) is 10.5 Å². The number of halogens is 2. The number of nitrogens with one attached hydrogen (secondary N) is 1. The van der Waals surface area contributed by atoms with E-state index in [0.29, 0.717) is 38.1 Å². The van der Waals surface area contributed by atoms with Crippen LogP contribution < -0.4 is 10.5 Å². The van der Waals surface area contributed by atoms with Crippen molar-refractivity contribution in [2.45, 2.75) is 6.92 Å². The molecule has 0 fully saturated rings. The molecule has 0 bridgehead atoms. The number of para-hydroxylation sites is 1. The SMILES string of the molecule is Cc1cc(Cl)cc(Cl)c1Nc1nc2cccc(N([O-])O)c2n2cncc12. The van der Waals surface area contributed by atoms with E-state index < -0.39 is 0 Å². The van der Waals surface area contributed by atoms with Gasteiger partial charge in [0.1, 0.15) is 5.52 Å². The topological polar surface area (TPSA) is 88.8 Å². The van der Waals surface area contributed by atoms with Crippen molar-refractivity contribution in [3.8, 4) is 0 Å². The minimum atomic E-state index is -0.184. The lowest BCUT2D eigenvalue weighted by Crippen LogP contribution is -2.10. The highest BCUT2D eigenvalue weighted by molar-refractivity contribution is 6.36. The Morgan fingerprint density at radius 2 is 2.08 bits per heavy atom. The quantitative estimate of drug-likeness (QED) is 0.483. The molecule has 4 aromatic rings. The summed E-state index contributed by atoms with van der Waals surface area (Å²) in [6, 6.07) is 8.32. The van der Waals surface area contributed by atoms with Crippen molar-refractivity contribution in [3.05, 3.63) is 63.7 Å². The Morgan fingerprint density at radius 3 is 2.81 bits per heavy atom. The molecule has 26 heavy (non-hydrogen) atoms. The molecule has 0 atom stereocenters. The summed E-state index contributed by atoms with van der Waals surface area (Å²) in [7, 11) is 0. The van der Waals surface area contributed by atoms with Crippen LogP contribution in [0, 0.1) is 12.1 Å². The Morgan fingerprint density at radius 1 is 1.27 bits per heavy atom. The zero-order chi connectivity index (χ0) is 18.4. The van der Waals surface area contributed by atoms with E-state index in [4.69, 9.17) is 23.2 Å². The molecule has 9 heteroatoms. The second-order valence-electron chi connectivity index (χ2n) is 5.73. The molecule has 2 aromatic heterocycles. The van der Waals surface area contributed by atoms with E-state index in [1.165, 1.54) is 6.07 Å². The normalized spacial score (nSPS) is 11.3. The van der Waals surface area contributed by atoms with E-state index in [1.54, 1.807) is 41.2 Å². The summed E-state index contributed by atoms with van der Waals surface area (Å²) in [6.07, 6.45) is 3.16. The molecular weight excluding hydrogens is 377 g/mol. The number of anilines is 3. The highest BCUT2D eigenvalue weighted by atomic mass is 35.5. The number of aryl methyl sites for hydroxylation is 1. The molecule has 7 nitrogen and oxygen atoms in total. The third kappa shape index (κ3) is 2.71. The van der Waals surface area contributed by atoms with Crippen LogP contribution in [0.15, 0.2) is 42.9 Å². The molecule has 0 aliphatic heterocycles.